The highest BCUT2D eigenvalue weighted by atomic mass is 19.4. The van der Waals surface area contributed by atoms with Crippen LogP contribution in [-0.2, 0) is 9.53 Å². The van der Waals surface area contributed by atoms with Crippen LogP contribution in [0.15, 0.2) is 0 Å². The average Bonchev–Trinajstić information content (AvgIpc) is 2.23. The number of hydrogen-bond donors (Lipinski definition) is 0. The summed E-state index contributed by atoms with van der Waals surface area (Å²) in [6, 6.07) is 1.70. The van der Waals surface area contributed by atoms with E-state index >= 15 is 0 Å². The van der Waals surface area contributed by atoms with Crippen molar-refractivity contribution in [3.05, 3.63) is 0 Å². The molecule has 0 fully saturated rings. The fourth-order valence-electron chi connectivity index (χ4n) is 1.54. The highest BCUT2D eigenvalue weighted by Gasteiger charge is 2.42. The third kappa shape index (κ3) is 5.07. The molecule has 0 N–H and O–H groups in total. The first-order chi connectivity index (χ1) is 7.81. The van der Waals surface area contributed by atoms with Crippen LogP contribution in [0.5, 0.6) is 0 Å². The van der Waals surface area contributed by atoms with Crippen LogP contribution in [0.4, 0.5) is 13.2 Å². The van der Waals surface area contributed by atoms with Crippen LogP contribution in [0.2, 0.25) is 0 Å². The molecule has 98 valence electrons. The summed E-state index contributed by atoms with van der Waals surface area (Å²) < 4.78 is 41.1. The van der Waals surface area contributed by atoms with Crippen LogP contribution in [-0.4, -0.2) is 18.8 Å². The molecule has 6 heteroatoms. The topological polar surface area (TPSA) is 50.1 Å². The first-order valence-electron chi connectivity index (χ1n) is 5.46. The zero-order valence-electron chi connectivity index (χ0n) is 9.93. The van der Waals surface area contributed by atoms with E-state index in [9.17, 15) is 18.0 Å². The van der Waals surface area contributed by atoms with E-state index < -0.39 is 30.4 Å². The predicted octanol–water partition coefficient (Wildman–Crippen LogP) is 3.20. The molecular formula is C11H16F3NO2. The zero-order chi connectivity index (χ0) is 13.5. The van der Waals surface area contributed by atoms with E-state index in [1.165, 1.54) is 0 Å². The van der Waals surface area contributed by atoms with Crippen LogP contribution in [0.25, 0.3) is 0 Å². The summed E-state index contributed by atoms with van der Waals surface area (Å²) in [6.07, 6.45) is -5.54. The van der Waals surface area contributed by atoms with E-state index in [2.05, 4.69) is 4.74 Å². The predicted molar refractivity (Wildman–Crippen MR) is 54.9 cm³/mol. The number of nitriles is 1. The molecule has 1 unspecified atom stereocenters. The maximum Gasteiger partial charge on any atom is 0.389 e. The van der Waals surface area contributed by atoms with Crippen molar-refractivity contribution in [1.29, 1.82) is 5.26 Å². The van der Waals surface area contributed by atoms with E-state index in [1.807, 2.05) is 0 Å². The smallest absolute Gasteiger partial charge is 0.389 e. The Morgan fingerprint density at radius 3 is 2.18 bits per heavy atom. The molecule has 0 aliphatic carbocycles. The molecule has 17 heavy (non-hydrogen) atoms. The third-order valence-electron chi connectivity index (χ3n) is 2.39. The lowest BCUT2D eigenvalue weighted by Gasteiger charge is -2.24. The van der Waals surface area contributed by atoms with Crippen LogP contribution in [0.3, 0.4) is 0 Å². The normalized spacial score (nSPS) is 14.8. The molecule has 0 heterocycles. The minimum atomic E-state index is -4.37. The maximum atomic E-state index is 12.2. The average molecular weight is 251 g/mol. The number of rotatable bonds is 6. The lowest BCUT2D eigenvalue weighted by molar-refractivity contribution is -0.159. The number of esters is 1. The minimum absolute atomic E-state index is 0.0536. The lowest BCUT2D eigenvalue weighted by Crippen LogP contribution is -2.33. The minimum Gasteiger partial charge on any atom is -0.465 e. The van der Waals surface area contributed by atoms with Gasteiger partial charge in [-0.15, -0.1) is 0 Å². The molecule has 0 aliphatic rings. The molecule has 0 saturated carbocycles. The summed E-state index contributed by atoms with van der Waals surface area (Å²) >= 11 is 0. The maximum absolute atomic E-state index is 12.2. The molecular weight excluding hydrogens is 235 g/mol. The van der Waals surface area contributed by atoms with E-state index in [1.54, 1.807) is 19.9 Å². The Bertz CT molecular complexity index is 296. The van der Waals surface area contributed by atoms with Gasteiger partial charge in [0.1, 0.15) is 0 Å². The van der Waals surface area contributed by atoms with Crippen LogP contribution >= 0.6 is 0 Å². The van der Waals surface area contributed by atoms with Gasteiger partial charge in [-0.3, -0.25) is 4.79 Å². The number of alkyl halides is 3. The van der Waals surface area contributed by atoms with Gasteiger partial charge in [0, 0.05) is 6.42 Å². The molecule has 0 amide bonds. The molecule has 0 saturated heterocycles. The Labute approximate surface area is 98.6 Å². The van der Waals surface area contributed by atoms with Gasteiger partial charge in [0.05, 0.1) is 12.7 Å². The summed E-state index contributed by atoms with van der Waals surface area (Å²) in [6.45, 7) is 3.31. The summed E-state index contributed by atoms with van der Waals surface area (Å²) in [7, 11) is 0. The second kappa shape index (κ2) is 6.48. The second-order valence-electron chi connectivity index (χ2n) is 3.78. The molecule has 0 spiro atoms. The quantitative estimate of drug-likeness (QED) is 0.681. The molecule has 0 rings (SSSR count). The number of carbonyl (C=O) groups is 1. The summed E-state index contributed by atoms with van der Waals surface area (Å²) in [5, 5.41) is 8.98. The number of nitrogens with zero attached hydrogens (tertiary/aromatic N) is 1. The van der Waals surface area contributed by atoms with Gasteiger partial charge >= 0.3 is 12.1 Å². The van der Waals surface area contributed by atoms with Crippen molar-refractivity contribution < 1.29 is 22.7 Å². The summed E-state index contributed by atoms with van der Waals surface area (Å²) in [5.74, 6) is -0.853. The molecule has 0 aromatic heterocycles. The van der Waals surface area contributed by atoms with Crippen molar-refractivity contribution in [1.82, 2.24) is 0 Å². The fourth-order valence-corrected chi connectivity index (χ4v) is 1.54. The van der Waals surface area contributed by atoms with E-state index in [-0.39, 0.29) is 13.0 Å². The molecule has 0 aromatic rings. The van der Waals surface area contributed by atoms with Crippen molar-refractivity contribution in [3.8, 4) is 6.07 Å². The van der Waals surface area contributed by atoms with E-state index in [0.717, 1.165) is 0 Å². The van der Waals surface area contributed by atoms with Gasteiger partial charge < -0.3 is 4.74 Å². The highest BCUT2D eigenvalue weighted by Crippen LogP contribution is 2.35. The molecule has 0 bridgehead atoms. The third-order valence-corrected chi connectivity index (χ3v) is 2.39. The summed E-state index contributed by atoms with van der Waals surface area (Å²) in [4.78, 5) is 11.6. The lowest BCUT2D eigenvalue weighted by atomic mass is 9.80. The SMILES string of the molecule is CCCC(C#N)(CCC(F)(F)F)C(=O)OCC. The number of carbonyl (C=O) groups excluding carboxylic acids is 1. The number of ether oxygens (including phenoxy) is 1. The Hall–Kier alpha value is -1.25. The van der Waals surface area contributed by atoms with Gasteiger partial charge in [-0.25, -0.2) is 0 Å². The van der Waals surface area contributed by atoms with Crippen molar-refractivity contribution in [2.45, 2.75) is 45.7 Å². The van der Waals surface area contributed by atoms with Crippen LogP contribution < -0.4 is 0 Å². The van der Waals surface area contributed by atoms with Crippen molar-refractivity contribution >= 4 is 5.97 Å². The number of halogens is 3. The molecule has 0 radical (unpaired) electrons. The van der Waals surface area contributed by atoms with Gasteiger partial charge in [0.2, 0.25) is 0 Å². The molecule has 0 aromatic carbocycles. The largest absolute Gasteiger partial charge is 0.465 e. The Balaban J connectivity index is 4.84. The van der Waals surface area contributed by atoms with Crippen LogP contribution in [0.1, 0.15) is 39.5 Å². The van der Waals surface area contributed by atoms with Gasteiger partial charge in [-0.2, -0.15) is 18.4 Å². The van der Waals surface area contributed by atoms with Gasteiger partial charge in [0.15, 0.2) is 5.41 Å². The molecule has 0 aliphatic heterocycles. The van der Waals surface area contributed by atoms with Crippen molar-refractivity contribution in [2.75, 3.05) is 6.61 Å². The summed E-state index contributed by atoms with van der Waals surface area (Å²) in [5.41, 5.74) is -1.67. The standard InChI is InChI=1S/C11H16F3NO2/c1-3-5-10(8-15,9(16)17-4-2)6-7-11(12,13)14/h3-7H2,1-2H3. The van der Waals surface area contributed by atoms with Gasteiger partial charge in [0.25, 0.3) is 0 Å². The van der Waals surface area contributed by atoms with E-state index in [0.29, 0.717) is 6.42 Å². The van der Waals surface area contributed by atoms with Crippen LogP contribution in [0, 0.1) is 16.7 Å². The van der Waals surface area contributed by atoms with Gasteiger partial charge in [-0.05, 0) is 19.8 Å². The highest BCUT2D eigenvalue weighted by molar-refractivity contribution is 5.80. The Morgan fingerprint density at radius 2 is 1.82 bits per heavy atom. The van der Waals surface area contributed by atoms with Crippen molar-refractivity contribution in [2.24, 2.45) is 5.41 Å². The monoisotopic (exact) mass is 251 g/mol. The first kappa shape index (κ1) is 15.8. The second-order valence-corrected chi connectivity index (χ2v) is 3.78. The van der Waals surface area contributed by atoms with Crippen molar-refractivity contribution in [3.63, 3.8) is 0 Å². The van der Waals surface area contributed by atoms with Gasteiger partial charge in [-0.1, -0.05) is 13.3 Å². The Morgan fingerprint density at radius 1 is 1.24 bits per heavy atom. The molecule has 1 atom stereocenters. The van der Waals surface area contributed by atoms with E-state index in [4.69, 9.17) is 5.26 Å². The zero-order valence-corrected chi connectivity index (χ0v) is 9.93. The number of hydrogen-bond acceptors (Lipinski definition) is 3. The first-order valence-corrected chi connectivity index (χ1v) is 5.46. The fraction of sp³-hybridized carbons (Fsp3) is 0.818. The molecule has 3 nitrogen and oxygen atoms in total. The Kier molecular flexibility index (Phi) is 6.00.